The quantitative estimate of drug-likeness (QED) is 0.585. The minimum Gasteiger partial charge on any atom is -0.494 e. The fraction of sp³-hybridized carbons (Fsp3) is 0.455. The predicted octanol–water partition coefficient (Wildman–Crippen LogP) is 3.59. The summed E-state index contributed by atoms with van der Waals surface area (Å²) in [6.45, 7) is 2.49. The first-order valence-corrected chi connectivity index (χ1v) is 10.2. The number of aryl methyl sites for hydroxylation is 1. The van der Waals surface area contributed by atoms with Crippen molar-refractivity contribution in [3.63, 3.8) is 0 Å². The van der Waals surface area contributed by atoms with Gasteiger partial charge in [-0.3, -0.25) is 9.88 Å². The number of methoxy groups -OCH3 is 1. The summed E-state index contributed by atoms with van der Waals surface area (Å²) in [5.74, 6) is 1.77. The molecular formula is C22H29N5O. The van der Waals surface area contributed by atoms with E-state index in [1.165, 1.54) is 17.7 Å². The molecule has 148 valence electrons. The number of H-pyrrole nitrogens is 1. The molecule has 6 heteroatoms. The van der Waals surface area contributed by atoms with Gasteiger partial charge in [-0.05, 0) is 69.0 Å². The summed E-state index contributed by atoms with van der Waals surface area (Å²) in [6, 6.07) is 10.6. The highest BCUT2D eigenvalue weighted by Crippen LogP contribution is 2.34. The topological polar surface area (TPSA) is 80.1 Å². The number of pyridine rings is 1. The maximum absolute atomic E-state index is 5.74. The highest BCUT2D eigenvalue weighted by Gasteiger charge is 2.27. The summed E-state index contributed by atoms with van der Waals surface area (Å²) in [6.07, 6.45) is 7.49. The van der Waals surface area contributed by atoms with Crippen LogP contribution in [0.15, 0.2) is 36.5 Å². The lowest BCUT2D eigenvalue weighted by Gasteiger charge is -2.34. The van der Waals surface area contributed by atoms with Crippen LogP contribution in [-0.4, -0.2) is 40.1 Å². The summed E-state index contributed by atoms with van der Waals surface area (Å²) >= 11 is 0. The average molecular weight is 380 g/mol. The standard InChI is InChI=1S/C22H29N5O/c1-28-19-11-5-9-17-22(19)26-20(25-17)15-27(14-3-2-12-23)18-10-4-7-16-8-6-13-24-21(16)18/h5-6,8-9,11,13,18H,2-4,7,10,12,14-15,23H2,1H3,(H,25,26). The van der Waals surface area contributed by atoms with Gasteiger partial charge in [0.1, 0.15) is 17.1 Å². The van der Waals surface area contributed by atoms with Gasteiger partial charge in [0.25, 0.3) is 0 Å². The highest BCUT2D eigenvalue weighted by atomic mass is 16.5. The molecule has 6 nitrogen and oxygen atoms in total. The van der Waals surface area contributed by atoms with Crippen LogP contribution in [0.3, 0.4) is 0 Å². The van der Waals surface area contributed by atoms with Gasteiger partial charge in [-0.25, -0.2) is 4.98 Å². The number of nitrogens with two attached hydrogens (primary N) is 1. The van der Waals surface area contributed by atoms with E-state index in [0.29, 0.717) is 6.04 Å². The third-order valence-corrected chi connectivity index (χ3v) is 5.60. The Morgan fingerprint density at radius 3 is 3.04 bits per heavy atom. The van der Waals surface area contributed by atoms with Crippen LogP contribution >= 0.6 is 0 Å². The zero-order chi connectivity index (χ0) is 19.3. The van der Waals surface area contributed by atoms with Crippen molar-refractivity contribution < 1.29 is 4.74 Å². The van der Waals surface area contributed by atoms with Gasteiger partial charge in [0.15, 0.2) is 0 Å². The Hall–Kier alpha value is -2.44. The van der Waals surface area contributed by atoms with Crippen LogP contribution < -0.4 is 10.5 Å². The number of aromatic amines is 1. The smallest absolute Gasteiger partial charge is 0.146 e. The number of imidazole rings is 1. The van der Waals surface area contributed by atoms with Crippen LogP contribution in [-0.2, 0) is 13.0 Å². The number of aromatic nitrogens is 3. The van der Waals surface area contributed by atoms with E-state index < -0.39 is 0 Å². The number of hydrogen-bond acceptors (Lipinski definition) is 5. The number of unbranched alkanes of at least 4 members (excludes halogenated alkanes) is 1. The van der Waals surface area contributed by atoms with Crippen molar-refractivity contribution >= 4 is 11.0 Å². The molecule has 0 radical (unpaired) electrons. The number of nitrogens with zero attached hydrogens (tertiary/aromatic N) is 3. The molecule has 0 fully saturated rings. The Morgan fingerprint density at radius 2 is 2.18 bits per heavy atom. The van der Waals surface area contributed by atoms with E-state index in [2.05, 4.69) is 16.0 Å². The summed E-state index contributed by atoms with van der Waals surface area (Å²) in [5, 5.41) is 0. The maximum Gasteiger partial charge on any atom is 0.146 e. The normalized spacial score (nSPS) is 16.5. The first-order valence-electron chi connectivity index (χ1n) is 10.2. The number of benzene rings is 1. The van der Waals surface area contributed by atoms with Gasteiger partial charge in [-0.1, -0.05) is 12.1 Å². The number of rotatable bonds is 8. The Bertz CT molecular complexity index is 922. The second-order valence-electron chi connectivity index (χ2n) is 7.46. The molecular weight excluding hydrogens is 350 g/mol. The minimum atomic E-state index is 0.331. The molecule has 4 rings (SSSR count). The molecule has 1 aromatic carbocycles. The molecule has 1 unspecified atom stereocenters. The summed E-state index contributed by atoms with van der Waals surface area (Å²) < 4.78 is 5.47. The van der Waals surface area contributed by atoms with Crippen molar-refractivity contribution in [3.05, 3.63) is 53.6 Å². The van der Waals surface area contributed by atoms with E-state index in [9.17, 15) is 0 Å². The van der Waals surface area contributed by atoms with Gasteiger partial charge in [0.2, 0.25) is 0 Å². The molecule has 2 heterocycles. The Balaban J connectivity index is 1.62. The third kappa shape index (κ3) is 3.88. The van der Waals surface area contributed by atoms with Crippen molar-refractivity contribution in [3.8, 4) is 5.75 Å². The molecule has 0 amide bonds. The number of nitrogens with one attached hydrogen (secondary N) is 1. The molecule has 0 bridgehead atoms. The van der Waals surface area contributed by atoms with Gasteiger partial charge < -0.3 is 15.5 Å². The zero-order valence-electron chi connectivity index (χ0n) is 16.5. The second-order valence-corrected chi connectivity index (χ2v) is 7.46. The van der Waals surface area contributed by atoms with Gasteiger partial charge in [-0.15, -0.1) is 0 Å². The Morgan fingerprint density at radius 1 is 1.25 bits per heavy atom. The van der Waals surface area contributed by atoms with Crippen molar-refractivity contribution in [2.24, 2.45) is 5.73 Å². The SMILES string of the molecule is COc1cccc2[nH]c(CN(CCCCN)C3CCCc4cccnc43)nc12. The lowest BCUT2D eigenvalue weighted by Crippen LogP contribution is -2.33. The van der Waals surface area contributed by atoms with Gasteiger partial charge in [0, 0.05) is 6.20 Å². The Kier molecular flexibility index (Phi) is 5.88. The summed E-state index contributed by atoms with van der Waals surface area (Å²) in [4.78, 5) is 15.6. The number of fused-ring (bicyclic) bond motifs is 2. The molecule has 2 aromatic heterocycles. The number of ether oxygens (including phenoxy) is 1. The molecule has 1 aliphatic rings. The van der Waals surface area contributed by atoms with Crippen LogP contribution in [0.5, 0.6) is 5.75 Å². The summed E-state index contributed by atoms with van der Waals surface area (Å²) in [5.41, 5.74) is 10.3. The second kappa shape index (κ2) is 8.71. The van der Waals surface area contributed by atoms with Crippen molar-refractivity contribution in [2.45, 2.75) is 44.7 Å². The molecule has 0 aliphatic heterocycles. The predicted molar refractivity (Wildman–Crippen MR) is 111 cm³/mol. The Labute approximate surface area is 166 Å². The molecule has 0 saturated carbocycles. The van der Waals surface area contributed by atoms with Crippen molar-refractivity contribution in [1.29, 1.82) is 0 Å². The average Bonchev–Trinajstić information content (AvgIpc) is 3.15. The van der Waals surface area contributed by atoms with Crippen LogP contribution in [0.4, 0.5) is 0 Å². The molecule has 0 saturated heterocycles. The van der Waals surface area contributed by atoms with Crippen molar-refractivity contribution in [2.75, 3.05) is 20.2 Å². The highest BCUT2D eigenvalue weighted by molar-refractivity contribution is 5.81. The first kappa shape index (κ1) is 18.9. The van der Waals surface area contributed by atoms with E-state index in [1.54, 1.807) is 7.11 Å². The van der Waals surface area contributed by atoms with Gasteiger partial charge in [-0.2, -0.15) is 0 Å². The lowest BCUT2D eigenvalue weighted by atomic mass is 9.90. The fourth-order valence-corrected chi connectivity index (χ4v) is 4.23. The van der Waals surface area contributed by atoms with Gasteiger partial charge >= 0.3 is 0 Å². The summed E-state index contributed by atoms with van der Waals surface area (Å²) in [7, 11) is 1.69. The van der Waals surface area contributed by atoms with E-state index in [0.717, 1.165) is 67.9 Å². The molecule has 0 spiro atoms. The molecule has 1 atom stereocenters. The van der Waals surface area contributed by atoms with E-state index >= 15 is 0 Å². The zero-order valence-corrected chi connectivity index (χ0v) is 16.5. The maximum atomic E-state index is 5.74. The molecule has 3 aromatic rings. The van der Waals surface area contributed by atoms with Gasteiger partial charge in [0.05, 0.1) is 30.9 Å². The largest absolute Gasteiger partial charge is 0.494 e. The van der Waals surface area contributed by atoms with E-state index in [4.69, 9.17) is 20.4 Å². The van der Waals surface area contributed by atoms with Crippen LogP contribution in [0.2, 0.25) is 0 Å². The monoisotopic (exact) mass is 379 g/mol. The van der Waals surface area contributed by atoms with Crippen LogP contribution in [0, 0.1) is 0 Å². The minimum absolute atomic E-state index is 0.331. The fourth-order valence-electron chi connectivity index (χ4n) is 4.23. The lowest BCUT2D eigenvalue weighted by molar-refractivity contribution is 0.159. The third-order valence-electron chi connectivity index (χ3n) is 5.60. The molecule has 28 heavy (non-hydrogen) atoms. The number of para-hydroxylation sites is 1. The molecule has 3 N–H and O–H groups in total. The van der Waals surface area contributed by atoms with Crippen LogP contribution in [0.25, 0.3) is 11.0 Å². The number of hydrogen-bond donors (Lipinski definition) is 2. The molecule has 1 aliphatic carbocycles. The van der Waals surface area contributed by atoms with E-state index in [-0.39, 0.29) is 0 Å². The van der Waals surface area contributed by atoms with E-state index in [1.807, 2.05) is 30.5 Å². The van der Waals surface area contributed by atoms with Crippen LogP contribution in [0.1, 0.15) is 48.8 Å². The van der Waals surface area contributed by atoms with Crippen molar-refractivity contribution in [1.82, 2.24) is 19.9 Å². The first-order chi connectivity index (χ1) is 13.8.